The van der Waals surface area contributed by atoms with Gasteiger partial charge in [0.15, 0.2) is 0 Å². The van der Waals surface area contributed by atoms with Gasteiger partial charge in [0.2, 0.25) is 0 Å². The molecule has 0 aliphatic heterocycles. The van der Waals surface area contributed by atoms with Crippen LogP contribution in [0.5, 0.6) is 0 Å². The van der Waals surface area contributed by atoms with Crippen molar-refractivity contribution in [3.8, 4) is 0 Å². The minimum atomic E-state index is -0.549. The predicted molar refractivity (Wildman–Crippen MR) is 53.2 cm³/mol. The van der Waals surface area contributed by atoms with Crippen LogP contribution >= 0.6 is 11.6 Å². The van der Waals surface area contributed by atoms with Crippen molar-refractivity contribution >= 4 is 17.2 Å². The monoisotopic (exact) mass is 214 g/mol. The first kappa shape index (κ1) is 9.66. The summed E-state index contributed by atoms with van der Waals surface area (Å²) in [6, 6.07) is 3.63. The normalized spacial score (nSPS) is 21.1. The second-order valence-corrected chi connectivity index (χ2v) is 3.93. The van der Waals surface area contributed by atoms with Crippen molar-refractivity contribution in [2.45, 2.75) is 18.2 Å². The summed E-state index contributed by atoms with van der Waals surface area (Å²) >= 11 is 5.87. The first-order valence-electron chi connectivity index (χ1n) is 4.47. The molecular weight excluding hydrogens is 206 g/mol. The second kappa shape index (κ2) is 3.70. The molecule has 1 aromatic rings. The molecule has 1 aliphatic rings. The number of halogens is 3. The minimum absolute atomic E-state index is 0.0190. The highest BCUT2D eigenvalue weighted by Gasteiger charge is 2.17. The fourth-order valence-electron chi connectivity index (χ4n) is 1.65. The van der Waals surface area contributed by atoms with E-state index in [0.29, 0.717) is 5.56 Å². The van der Waals surface area contributed by atoms with Gasteiger partial charge in [0.05, 0.1) is 5.38 Å². The van der Waals surface area contributed by atoms with E-state index >= 15 is 0 Å². The molecule has 2 rings (SSSR count). The molecule has 0 bridgehead atoms. The van der Waals surface area contributed by atoms with E-state index in [1.54, 1.807) is 0 Å². The topological polar surface area (TPSA) is 0 Å². The molecule has 14 heavy (non-hydrogen) atoms. The SMILES string of the molecule is Fc1ccc(C2=CC(Cl)CC2)c(F)c1. The lowest BCUT2D eigenvalue weighted by atomic mass is 10.1. The lowest BCUT2D eigenvalue weighted by Crippen LogP contribution is -1.88. The van der Waals surface area contributed by atoms with Gasteiger partial charge >= 0.3 is 0 Å². The van der Waals surface area contributed by atoms with Crippen LogP contribution < -0.4 is 0 Å². The van der Waals surface area contributed by atoms with Gasteiger partial charge < -0.3 is 0 Å². The van der Waals surface area contributed by atoms with E-state index in [9.17, 15) is 8.78 Å². The molecule has 1 aromatic carbocycles. The molecule has 0 amide bonds. The zero-order valence-electron chi connectivity index (χ0n) is 7.43. The summed E-state index contributed by atoms with van der Waals surface area (Å²) in [5.74, 6) is -1.06. The predicted octanol–water partition coefficient (Wildman–Crippen LogP) is 3.75. The zero-order valence-corrected chi connectivity index (χ0v) is 8.19. The quantitative estimate of drug-likeness (QED) is 0.625. The molecule has 1 unspecified atom stereocenters. The Kier molecular flexibility index (Phi) is 2.55. The van der Waals surface area contributed by atoms with Gasteiger partial charge in [-0.25, -0.2) is 8.78 Å². The van der Waals surface area contributed by atoms with E-state index in [-0.39, 0.29) is 5.38 Å². The van der Waals surface area contributed by atoms with Gasteiger partial charge in [-0.1, -0.05) is 6.08 Å². The average Bonchev–Trinajstić information content (AvgIpc) is 2.51. The maximum Gasteiger partial charge on any atom is 0.133 e. The Morgan fingerprint density at radius 3 is 2.64 bits per heavy atom. The van der Waals surface area contributed by atoms with Crippen LogP contribution in [0.3, 0.4) is 0 Å². The average molecular weight is 215 g/mol. The molecular formula is C11H9ClF2. The van der Waals surface area contributed by atoms with Crippen LogP contribution in [0.25, 0.3) is 5.57 Å². The summed E-state index contributed by atoms with van der Waals surface area (Å²) in [5, 5.41) is -0.0190. The van der Waals surface area contributed by atoms with Gasteiger partial charge in [-0.05, 0) is 30.5 Å². The number of rotatable bonds is 1. The minimum Gasteiger partial charge on any atom is -0.207 e. The highest BCUT2D eigenvalue weighted by molar-refractivity contribution is 6.22. The lowest BCUT2D eigenvalue weighted by molar-refractivity contribution is 0.580. The van der Waals surface area contributed by atoms with Crippen molar-refractivity contribution in [1.29, 1.82) is 0 Å². The van der Waals surface area contributed by atoms with Crippen molar-refractivity contribution in [3.05, 3.63) is 41.5 Å². The molecule has 0 fully saturated rings. The number of allylic oxidation sites excluding steroid dienone is 2. The van der Waals surface area contributed by atoms with Crippen molar-refractivity contribution in [2.75, 3.05) is 0 Å². The third-order valence-electron chi connectivity index (χ3n) is 2.35. The van der Waals surface area contributed by atoms with Gasteiger partial charge in [0, 0.05) is 11.6 Å². The number of alkyl halides is 1. The summed E-state index contributed by atoms with van der Waals surface area (Å²) in [5.41, 5.74) is 1.34. The molecule has 0 saturated heterocycles. The molecule has 0 saturated carbocycles. The fraction of sp³-hybridized carbons (Fsp3) is 0.273. The molecule has 0 heterocycles. The molecule has 3 heteroatoms. The van der Waals surface area contributed by atoms with E-state index in [2.05, 4.69) is 0 Å². The van der Waals surface area contributed by atoms with Gasteiger partial charge in [-0.3, -0.25) is 0 Å². The first-order chi connectivity index (χ1) is 6.66. The number of benzene rings is 1. The molecule has 0 N–H and O–H groups in total. The molecule has 0 aromatic heterocycles. The van der Waals surface area contributed by atoms with Crippen LogP contribution in [-0.4, -0.2) is 5.38 Å². The third kappa shape index (κ3) is 1.80. The Labute approximate surface area is 86.2 Å². The number of hydrogen-bond acceptors (Lipinski definition) is 0. The molecule has 1 aliphatic carbocycles. The van der Waals surface area contributed by atoms with Crippen LogP contribution in [0, 0.1) is 11.6 Å². The third-order valence-corrected chi connectivity index (χ3v) is 2.69. The smallest absolute Gasteiger partial charge is 0.133 e. The summed E-state index contributed by atoms with van der Waals surface area (Å²) in [6.45, 7) is 0. The summed E-state index contributed by atoms with van der Waals surface area (Å²) in [7, 11) is 0. The maximum atomic E-state index is 13.3. The fourth-order valence-corrected chi connectivity index (χ4v) is 1.91. The van der Waals surface area contributed by atoms with Crippen LogP contribution in [0.15, 0.2) is 24.3 Å². The molecule has 1 atom stereocenters. The van der Waals surface area contributed by atoms with Crippen molar-refractivity contribution in [2.24, 2.45) is 0 Å². The second-order valence-electron chi connectivity index (χ2n) is 3.37. The largest absolute Gasteiger partial charge is 0.207 e. The first-order valence-corrected chi connectivity index (χ1v) is 4.90. The Morgan fingerprint density at radius 2 is 2.07 bits per heavy atom. The van der Waals surface area contributed by atoms with Crippen LogP contribution in [0.2, 0.25) is 0 Å². The van der Waals surface area contributed by atoms with E-state index < -0.39 is 11.6 Å². The molecule has 0 nitrogen and oxygen atoms in total. The van der Waals surface area contributed by atoms with Gasteiger partial charge in [-0.2, -0.15) is 0 Å². The van der Waals surface area contributed by atoms with Crippen molar-refractivity contribution in [3.63, 3.8) is 0 Å². The van der Waals surface area contributed by atoms with Crippen molar-refractivity contribution < 1.29 is 8.78 Å². The van der Waals surface area contributed by atoms with Crippen LogP contribution in [0.1, 0.15) is 18.4 Å². The lowest BCUT2D eigenvalue weighted by Gasteiger charge is -2.03. The maximum absolute atomic E-state index is 13.3. The van der Waals surface area contributed by atoms with Gasteiger partial charge in [-0.15, -0.1) is 11.6 Å². The van der Waals surface area contributed by atoms with Crippen molar-refractivity contribution in [1.82, 2.24) is 0 Å². The number of hydrogen-bond donors (Lipinski definition) is 0. The standard InChI is InChI=1S/C11H9ClF2/c12-8-2-1-7(5-8)10-4-3-9(13)6-11(10)14/h3-6,8H,1-2H2. The highest BCUT2D eigenvalue weighted by atomic mass is 35.5. The Hall–Kier alpha value is -0.890. The Balaban J connectivity index is 2.37. The van der Waals surface area contributed by atoms with E-state index in [1.165, 1.54) is 12.1 Å². The van der Waals surface area contributed by atoms with Gasteiger partial charge in [0.25, 0.3) is 0 Å². The van der Waals surface area contributed by atoms with Crippen LogP contribution in [0.4, 0.5) is 8.78 Å². The van der Waals surface area contributed by atoms with E-state index in [0.717, 1.165) is 24.5 Å². The zero-order chi connectivity index (χ0) is 10.1. The van der Waals surface area contributed by atoms with E-state index in [4.69, 9.17) is 11.6 Å². The summed E-state index contributed by atoms with van der Waals surface area (Å²) in [4.78, 5) is 0. The summed E-state index contributed by atoms with van der Waals surface area (Å²) < 4.78 is 25.9. The molecule has 0 radical (unpaired) electrons. The Morgan fingerprint density at radius 1 is 1.29 bits per heavy atom. The van der Waals surface area contributed by atoms with Gasteiger partial charge in [0.1, 0.15) is 11.6 Å². The molecule has 74 valence electrons. The molecule has 0 spiro atoms. The highest BCUT2D eigenvalue weighted by Crippen LogP contribution is 2.31. The summed E-state index contributed by atoms with van der Waals surface area (Å²) in [6.07, 6.45) is 3.42. The van der Waals surface area contributed by atoms with E-state index in [1.807, 2.05) is 6.08 Å². The van der Waals surface area contributed by atoms with Crippen LogP contribution in [-0.2, 0) is 0 Å². The Bertz CT molecular complexity index is 385.